The van der Waals surface area contributed by atoms with Gasteiger partial charge >= 0.3 is 0 Å². The number of benzene rings is 3. The number of thiazole rings is 1. The molecule has 4 heteroatoms. The number of rotatable bonds is 3. The molecule has 1 amide bonds. The smallest absolute Gasteiger partial charge is 0.279 e. The Hall–Kier alpha value is -2.98. The number of hydrogen-bond acceptors (Lipinski definition) is 2. The summed E-state index contributed by atoms with van der Waals surface area (Å²) in [6.07, 6.45) is 1.84. The van der Waals surface area contributed by atoms with Gasteiger partial charge in [0.2, 0.25) is 0 Å². The van der Waals surface area contributed by atoms with Crippen molar-refractivity contribution < 1.29 is 4.79 Å². The van der Waals surface area contributed by atoms with Gasteiger partial charge in [-0.1, -0.05) is 80.6 Å². The molecule has 1 heterocycles. The first-order chi connectivity index (χ1) is 13.9. The van der Waals surface area contributed by atoms with Crippen LogP contribution in [-0.2, 0) is 12.0 Å². The van der Waals surface area contributed by atoms with Crippen molar-refractivity contribution in [2.24, 2.45) is 4.99 Å². The maximum atomic E-state index is 12.9. The molecule has 0 N–H and O–H groups in total. The van der Waals surface area contributed by atoms with Crippen LogP contribution in [0, 0.1) is 0 Å². The van der Waals surface area contributed by atoms with E-state index in [0.717, 1.165) is 10.2 Å². The van der Waals surface area contributed by atoms with Gasteiger partial charge in [-0.15, -0.1) is 6.58 Å². The Bertz CT molecular complexity index is 1280. The molecule has 3 aromatic carbocycles. The number of nitrogens with zero attached hydrogens (tertiary/aromatic N) is 2. The Balaban J connectivity index is 1.84. The van der Waals surface area contributed by atoms with Crippen LogP contribution >= 0.6 is 11.3 Å². The molecule has 0 radical (unpaired) electrons. The van der Waals surface area contributed by atoms with Crippen LogP contribution in [0.4, 0.5) is 0 Å². The summed E-state index contributed by atoms with van der Waals surface area (Å²) >= 11 is 1.55. The summed E-state index contributed by atoms with van der Waals surface area (Å²) in [7, 11) is 0. The molecular weight excluding hydrogens is 376 g/mol. The highest BCUT2D eigenvalue weighted by molar-refractivity contribution is 7.17. The van der Waals surface area contributed by atoms with Gasteiger partial charge in [0.05, 0.1) is 10.2 Å². The molecule has 0 fully saturated rings. The number of carbonyl (C=O) groups is 1. The molecule has 0 aliphatic rings. The normalized spacial score (nSPS) is 12.6. The standard InChI is InChI=1S/C25H24N2OS/c1-5-16-27-21-15-12-17-8-6-7-9-20(17)22(21)29-24(27)26-23(28)18-10-13-19(14-11-18)25(2,3)4/h5-15H,1,16H2,2-4H3. The van der Waals surface area contributed by atoms with Crippen molar-refractivity contribution in [2.45, 2.75) is 32.7 Å². The summed E-state index contributed by atoms with van der Waals surface area (Å²) < 4.78 is 3.19. The zero-order valence-corrected chi connectivity index (χ0v) is 17.8. The van der Waals surface area contributed by atoms with E-state index in [-0.39, 0.29) is 11.3 Å². The second-order valence-corrected chi connectivity index (χ2v) is 9.14. The van der Waals surface area contributed by atoms with Crippen molar-refractivity contribution >= 4 is 38.2 Å². The number of amides is 1. The van der Waals surface area contributed by atoms with Crippen LogP contribution in [0.5, 0.6) is 0 Å². The Morgan fingerprint density at radius 3 is 2.48 bits per heavy atom. The fraction of sp³-hybridized carbons (Fsp3) is 0.200. The van der Waals surface area contributed by atoms with Crippen molar-refractivity contribution in [1.29, 1.82) is 0 Å². The monoisotopic (exact) mass is 400 g/mol. The summed E-state index contributed by atoms with van der Waals surface area (Å²) in [5.74, 6) is -0.223. The molecule has 0 atom stereocenters. The number of fused-ring (bicyclic) bond motifs is 3. The minimum absolute atomic E-state index is 0.0538. The first kappa shape index (κ1) is 19.3. The largest absolute Gasteiger partial charge is 0.312 e. The van der Waals surface area contributed by atoms with Crippen molar-refractivity contribution in [3.8, 4) is 0 Å². The number of allylic oxidation sites excluding steroid dienone is 1. The fourth-order valence-corrected chi connectivity index (χ4v) is 4.63. The van der Waals surface area contributed by atoms with Crippen molar-refractivity contribution in [1.82, 2.24) is 4.57 Å². The number of hydrogen-bond donors (Lipinski definition) is 0. The zero-order chi connectivity index (χ0) is 20.6. The lowest BCUT2D eigenvalue weighted by atomic mass is 9.87. The Labute approximate surface area is 174 Å². The lowest BCUT2D eigenvalue weighted by Gasteiger charge is -2.18. The molecule has 0 aliphatic heterocycles. The van der Waals surface area contributed by atoms with Crippen molar-refractivity contribution in [2.75, 3.05) is 0 Å². The maximum Gasteiger partial charge on any atom is 0.279 e. The molecule has 0 bridgehead atoms. The van der Waals surface area contributed by atoms with Gasteiger partial charge in [0.15, 0.2) is 4.80 Å². The van der Waals surface area contributed by atoms with Crippen LogP contribution in [0.1, 0.15) is 36.7 Å². The van der Waals surface area contributed by atoms with Gasteiger partial charge in [-0.3, -0.25) is 4.79 Å². The van der Waals surface area contributed by atoms with Crippen LogP contribution in [0.15, 0.2) is 78.3 Å². The molecule has 146 valence electrons. The predicted molar refractivity (Wildman–Crippen MR) is 123 cm³/mol. The van der Waals surface area contributed by atoms with Crippen molar-refractivity contribution in [3.63, 3.8) is 0 Å². The van der Waals surface area contributed by atoms with E-state index >= 15 is 0 Å². The quantitative estimate of drug-likeness (QED) is 0.384. The summed E-state index contributed by atoms with van der Waals surface area (Å²) in [6.45, 7) is 11.0. The van der Waals surface area contributed by atoms with Gasteiger partial charge in [-0.25, -0.2) is 0 Å². The summed E-state index contributed by atoms with van der Waals surface area (Å²) in [6, 6.07) is 20.3. The van der Waals surface area contributed by atoms with E-state index in [2.05, 4.69) is 61.2 Å². The molecule has 4 rings (SSSR count). The highest BCUT2D eigenvalue weighted by Crippen LogP contribution is 2.28. The molecule has 0 saturated carbocycles. The Morgan fingerprint density at radius 2 is 1.79 bits per heavy atom. The van der Waals surface area contributed by atoms with Crippen LogP contribution < -0.4 is 4.80 Å². The predicted octanol–water partition coefficient (Wildman–Crippen LogP) is 6.08. The van der Waals surface area contributed by atoms with Gasteiger partial charge in [0.1, 0.15) is 0 Å². The first-order valence-corrected chi connectivity index (χ1v) is 10.5. The van der Waals surface area contributed by atoms with Gasteiger partial charge in [0.25, 0.3) is 5.91 Å². The minimum atomic E-state index is -0.223. The van der Waals surface area contributed by atoms with Gasteiger partial charge < -0.3 is 4.57 Å². The van der Waals surface area contributed by atoms with E-state index in [1.165, 1.54) is 16.3 Å². The summed E-state index contributed by atoms with van der Waals surface area (Å²) in [5, 5.41) is 2.36. The third-order valence-corrected chi connectivity index (χ3v) is 6.21. The van der Waals surface area contributed by atoms with Crippen molar-refractivity contribution in [3.05, 3.63) is 89.2 Å². The molecule has 4 aromatic rings. The molecule has 3 nitrogen and oxygen atoms in total. The van der Waals surface area contributed by atoms with E-state index in [4.69, 9.17) is 0 Å². The van der Waals surface area contributed by atoms with Gasteiger partial charge in [0, 0.05) is 17.5 Å². The summed E-state index contributed by atoms with van der Waals surface area (Å²) in [4.78, 5) is 18.0. The van der Waals surface area contributed by atoms with Gasteiger partial charge in [-0.05, 0) is 34.6 Å². The molecule has 1 aromatic heterocycles. The molecule has 0 unspecified atom stereocenters. The Kier molecular flexibility index (Phi) is 4.97. The molecule has 0 spiro atoms. The lowest BCUT2D eigenvalue weighted by molar-refractivity contribution is 0.0998. The SMILES string of the molecule is C=CCn1c(=NC(=O)c2ccc(C(C)(C)C)cc2)sc2c3ccccc3ccc21. The highest BCUT2D eigenvalue weighted by Gasteiger charge is 2.15. The van der Waals surface area contributed by atoms with Crippen LogP contribution in [0.3, 0.4) is 0 Å². The van der Waals surface area contributed by atoms with E-state index < -0.39 is 0 Å². The number of aromatic nitrogens is 1. The van der Waals surface area contributed by atoms with E-state index in [9.17, 15) is 4.79 Å². The fourth-order valence-electron chi connectivity index (χ4n) is 3.45. The first-order valence-electron chi connectivity index (χ1n) is 9.70. The molecule has 29 heavy (non-hydrogen) atoms. The number of carbonyl (C=O) groups excluding carboxylic acids is 1. The average Bonchev–Trinajstić information content (AvgIpc) is 3.05. The topological polar surface area (TPSA) is 34.4 Å². The minimum Gasteiger partial charge on any atom is -0.312 e. The van der Waals surface area contributed by atoms with Crippen LogP contribution in [0.2, 0.25) is 0 Å². The third-order valence-electron chi connectivity index (χ3n) is 5.08. The lowest BCUT2D eigenvalue weighted by Crippen LogP contribution is -2.16. The maximum absolute atomic E-state index is 12.9. The van der Waals surface area contributed by atoms with E-state index in [0.29, 0.717) is 16.9 Å². The second kappa shape index (κ2) is 7.45. The second-order valence-electron chi connectivity index (χ2n) is 8.16. The molecular formula is C25H24N2OS. The summed E-state index contributed by atoms with van der Waals surface area (Å²) in [5.41, 5.74) is 2.93. The van der Waals surface area contributed by atoms with Crippen LogP contribution in [0.25, 0.3) is 21.0 Å². The highest BCUT2D eigenvalue weighted by atomic mass is 32.1. The zero-order valence-electron chi connectivity index (χ0n) is 17.0. The van der Waals surface area contributed by atoms with E-state index in [1.54, 1.807) is 11.3 Å². The third kappa shape index (κ3) is 3.68. The Morgan fingerprint density at radius 1 is 1.07 bits per heavy atom. The molecule has 0 aliphatic carbocycles. The van der Waals surface area contributed by atoms with E-state index in [1.807, 2.05) is 42.5 Å². The van der Waals surface area contributed by atoms with Crippen LogP contribution in [-0.4, -0.2) is 10.5 Å². The van der Waals surface area contributed by atoms with Gasteiger partial charge in [-0.2, -0.15) is 4.99 Å². The molecule has 0 saturated heterocycles. The average molecular weight is 401 g/mol.